The quantitative estimate of drug-likeness (QED) is 0.163. The summed E-state index contributed by atoms with van der Waals surface area (Å²) in [4.78, 5) is 24.9. The SMILES string of the molecule is Cc1ccc(-c2nc(-c3ccc(C)cc3)nc(-c3cc(-c4ccc(-c5nccc6ccccc56)cc4)cc(-c4ccc(-c5nccc6ccccc56)cc4)c3)n2)cc1. The summed E-state index contributed by atoms with van der Waals surface area (Å²) in [5, 5.41) is 4.60. The molecule has 58 heavy (non-hydrogen) atoms. The molecule has 10 rings (SSSR count). The van der Waals surface area contributed by atoms with Gasteiger partial charge in [0.25, 0.3) is 0 Å². The number of hydrogen-bond donors (Lipinski definition) is 0. The summed E-state index contributed by atoms with van der Waals surface area (Å²) in [6.07, 6.45) is 3.76. The van der Waals surface area contributed by atoms with Gasteiger partial charge in [0, 0.05) is 51.0 Å². The zero-order valence-electron chi connectivity index (χ0n) is 32.1. The fourth-order valence-corrected chi connectivity index (χ4v) is 7.60. The van der Waals surface area contributed by atoms with Crippen LogP contribution in [0.5, 0.6) is 0 Å². The molecule has 0 unspecified atom stereocenters. The number of rotatable bonds is 7. The van der Waals surface area contributed by atoms with Crippen LogP contribution in [0.1, 0.15) is 11.1 Å². The van der Waals surface area contributed by atoms with Crippen LogP contribution in [-0.4, -0.2) is 24.9 Å². The van der Waals surface area contributed by atoms with Crippen molar-refractivity contribution in [1.29, 1.82) is 0 Å². The maximum Gasteiger partial charge on any atom is 0.164 e. The van der Waals surface area contributed by atoms with E-state index in [-0.39, 0.29) is 0 Å². The molecule has 0 saturated heterocycles. The van der Waals surface area contributed by atoms with Crippen molar-refractivity contribution in [3.63, 3.8) is 0 Å². The first-order chi connectivity index (χ1) is 28.5. The number of benzene rings is 7. The Morgan fingerprint density at radius 3 is 1.07 bits per heavy atom. The first kappa shape index (κ1) is 34.8. The Labute approximate surface area is 337 Å². The van der Waals surface area contributed by atoms with Gasteiger partial charge in [0.15, 0.2) is 17.5 Å². The molecule has 0 aliphatic heterocycles. The molecular formula is C53H37N5. The molecule has 7 aromatic carbocycles. The highest BCUT2D eigenvalue weighted by molar-refractivity contribution is 5.96. The Morgan fingerprint density at radius 2 is 0.638 bits per heavy atom. The van der Waals surface area contributed by atoms with Crippen molar-refractivity contribution < 1.29 is 0 Å². The molecule has 0 spiro atoms. The summed E-state index contributed by atoms with van der Waals surface area (Å²) in [6.45, 7) is 4.17. The summed E-state index contributed by atoms with van der Waals surface area (Å²) >= 11 is 0. The molecule has 0 radical (unpaired) electrons. The summed E-state index contributed by atoms with van der Waals surface area (Å²) in [6, 6.07) is 61.6. The smallest absolute Gasteiger partial charge is 0.164 e. The van der Waals surface area contributed by atoms with Crippen molar-refractivity contribution in [1.82, 2.24) is 24.9 Å². The lowest BCUT2D eigenvalue weighted by atomic mass is 9.94. The Balaban J connectivity index is 1.12. The monoisotopic (exact) mass is 743 g/mol. The maximum absolute atomic E-state index is 5.14. The average Bonchev–Trinajstić information content (AvgIpc) is 3.29. The molecule has 0 saturated carbocycles. The van der Waals surface area contributed by atoms with Crippen molar-refractivity contribution in [3.8, 4) is 78.9 Å². The van der Waals surface area contributed by atoms with Crippen LogP contribution in [0.15, 0.2) is 188 Å². The van der Waals surface area contributed by atoms with E-state index >= 15 is 0 Å². The van der Waals surface area contributed by atoms with Gasteiger partial charge in [-0.3, -0.25) is 9.97 Å². The van der Waals surface area contributed by atoms with Crippen LogP contribution >= 0.6 is 0 Å². The van der Waals surface area contributed by atoms with Gasteiger partial charge in [-0.25, -0.2) is 15.0 Å². The molecular weight excluding hydrogens is 707 g/mol. The molecule has 0 amide bonds. The third kappa shape index (κ3) is 6.80. The van der Waals surface area contributed by atoms with E-state index in [4.69, 9.17) is 24.9 Å². The van der Waals surface area contributed by atoms with Gasteiger partial charge >= 0.3 is 0 Å². The van der Waals surface area contributed by atoms with Crippen molar-refractivity contribution >= 4 is 21.5 Å². The second-order valence-electron chi connectivity index (χ2n) is 14.8. The molecule has 0 fully saturated rings. The number of pyridine rings is 2. The number of fused-ring (bicyclic) bond motifs is 2. The van der Waals surface area contributed by atoms with Gasteiger partial charge in [-0.1, -0.05) is 157 Å². The van der Waals surface area contributed by atoms with Crippen molar-refractivity contribution in [2.45, 2.75) is 13.8 Å². The van der Waals surface area contributed by atoms with Crippen LogP contribution in [0.25, 0.3) is 100 Å². The first-order valence-corrected chi connectivity index (χ1v) is 19.5. The van der Waals surface area contributed by atoms with E-state index in [9.17, 15) is 0 Å². The van der Waals surface area contributed by atoms with Gasteiger partial charge in [0.2, 0.25) is 0 Å². The molecule has 5 heteroatoms. The number of aryl methyl sites for hydroxylation is 2. The highest BCUT2D eigenvalue weighted by atomic mass is 15.0. The van der Waals surface area contributed by atoms with E-state index in [0.717, 1.165) is 72.2 Å². The largest absolute Gasteiger partial charge is 0.256 e. The van der Waals surface area contributed by atoms with E-state index in [1.165, 1.54) is 21.9 Å². The van der Waals surface area contributed by atoms with E-state index in [2.05, 4.69) is 190 Å². The van der Waals surface area contributed by atoms with Gasteiger partial charge in [0.05, 0.1) is 11.4 Å². The van der Waals surface area contributed by atoms with Crippen molar-refractivity contribution in [2.24, 2.45) is 0 Å². The molecule has 0 aliphatic rings. The van der Waals surface area contributed by atoms with Crippen LogP contribution in [-0.2, 0) is 0 Å². The molecule has 0 aliphatic carbocycles. The van der Waals surface area contributed by atoms with Crippen LogP contribution < -0.4 is 0 Å². The van der Waals surface area contributed by atoms with Crippen molar-refractivity contribution in [2.75, 3.05) is 0 Å². The Bertz CT molecular complexity index is 2880. The lowest BCUT2D eigenvalue weighted by molar-refractivity contribution is 1.07. The van der Waals surface area contributed by atoms with Crippen LogP contribution in [0, 0.1) is 13.8 Å². The topological polar surface area (TPSA) is 64.5 Å². The molecule has 3 aromatic heterocycles. The van der Waals surface area contributed by atoms with Crippen LogP contribution in [0.3, 0.4) is 0 Å². The highest BCUT2D eigenvalue weighted by Gasteiger charge is 2.16. The zero-order chi connectivity index (χ0) is 39.0. The average molecular weight is 744 g/mol. The Morgan fingerprint density at radius 1 is 0.293 bits per heavy atom. The third-order valence-electron chi connectivity index (χ3n) is 10.8. The standard InChI is InChI=1S/C53H37N5/c1-34-11-15-42(16-12-34)51-56-52(43-17-13-35(2)14-18-43)58-53(57-51)46-32-44(36-19-23-40(24-20-36)49-47-9-5-3-7-38(47)27-29-54-49)31-45(33-46)37-21-25-41(26-22-37)50-48-10-6-4-8-39(48)28-30-55-50/h3-33H,1-2H3. The van der Waals surface area contributed by atoms with Gasteiger partial charge in [-0.15, -0.1) is 0 Å². The van der Waals surface area contributed by atoms with Crippen LogP contribution in [0.4, 0.5) is 0 Å². The van der Waals surface area contributed by atoms with Crippen molar-refractivity contribution in [3.05, 3.63) is 199 Å². The zero-order valence-corrected chi connectivity index (χ0v) is 32.1. The molecule has 0 bridgehead atoms. The minimum Gasteiger partial charge on any atom is -0.256 e. The lowest BCUT2D eigenvalue weighted by Gasteiger charge is -2.13. The van der Waals surface area contributed by atoms with Gasteiger partial charge in [0.1, 0.15) is 0 Å². The summed E-state index contributed by atoms with van der Waals surface area (Å²) in [5.41, 5.74) is 13.5. The second kappa shape index (κ2) is 14.8. The number of nitrogens with zero attached hydrogens (tertiary/aromatic N) is 5. The molecule has 274 valence electrons. The molecule has 3 heterocycles. The second-order valence-corrected chi connectivity index (χ2v) is 14.8. The highest BCUT2D eigenvalue weighted by Crippen LogP contribution is 2.36. The van der Waals surface area contributed by atoms with Crippen LogP contribution in [0.2, 0.25) is 0 Å². The fourth-order valence-electron chi connectivity index (χ4n) is 7.60. The minimum absolute atomic E-state index is 0.609. The predicted molar refractivity (Wildman–Crippen MR) is 238 cm³/mol. The molecule has 10 aromatic rings. The van der Waals surface area contributed by atoms with E-state index < -0.39 is 0 Å². The lowest BCUT2D eigenvalue weighted by Crippen LogP contribution is -2.00. The molecule has 5 nitrogen and oxygen atoms in total. The summed E-state index contributed by atoms with van der Waals surface area (Å²) < 4.78 is 0. The predicted octanol–water partition coefficient (Wildman–Crippen LogP) is 13.3. The fraction of sp³-hybridized carbons (Fsp3) is 0.0377. The van der Waals surface area contributed by atoms with E-state index in [1.807, 2.05) is 12.4 Å². The van der Waals surface area contributed by atoms with E-state index in [1.54, 1.807) is 0 Å². The van der Waals surface area contributed by atoms with E-state index in [0.29, 0.717) is 17.5 Å². The Hall–Kier alpha value is -7.63. The first-order valence-electron chi connectivity index (χ1n) is 19.5. The van der Waals surface area contributed by atoms with Gasteiger partial charge < -0.3 is 0 Å². The summed E-state index contributed by atoms with van der Waals surface area (Å²) in [5.74, 6) is 1.87. The molecule has 0 atom stereocenters. The summed E-state index contributed by atoms with van der Waals surface area (Å²) in [7, 11) is 0. The maximum atomic E-state index is 5.14. The number of aromatic nitrogens is 5. The number of hydrogen-bond acceptors (Lipinski definition) is 5. The van der Waals surface area contributed by atoms with Gasteiger partial charge in [-0.2, -0.15) is 0 Å². The molecule has 0 N–H and O–H groups in total. The Kier molecular flexibility index (Phi) is 8.88. The normalized spacial score (nSPS) is 11.3. The minimum atomic E-state index is 0.609. The third-order valence-corrected chi connectivity index (χ3v) is 10.8. The van der Waals surface area contributed by atoms with Gasteiger partial charge in [-0.05, 0) is 77.2 Å².